The first-order valence-electron chi connectivity index (χ1n) is 7.28. The lowest BCUT2D eigenvalue weighted by atomic mass is 10.2. The highest BCUT2D eigenvalue weighted by molar-refractivity contribution is 8.00. The summed E-state index contributed by atoms with van der Waals surface area (Å²) in [6, 6.07) is 8.21. The van der Waals surface area contributed by atoms with E-state index in [1.165, 1.54) is 4.88 Å². The number of carbonyl (C=O) groups is 1. The molecule has 1 atom stereocenters. The Morgan fingerprint density at radius 3 is 2.95 bits per heavy atom. The van der Waals surface area contributed by atoms with Gasteiger partial charge in [0.15, 0.2) is 0 Å². The summed E-state index contributed by atoms with van der Waals surface area (Å²) >= 11 is 5.39. The molecular formula is C16H18N2OS3. The van der Waals surface area contributed by atoms with Crippen molar-refractivity contribution in [3.8, 4) is 0 Å². The molecule has 3 nitrogen and oxygen atoms in total. The van der Waals surface area contributed by atoms with Crippen LogP contribution in [0.1, 0.15) is 16.5 Å². The van der Waals surface area contributed by atoms with Gasteiger partial charge >= 0.3 is 0 Å². The lowest BCUT2D eigenvalue weighted by molar-refractivity contribution is -0.128. The molecule has 1 fully saturated rings. The number of thioether (sulfide) groups is 2. The quantitative estimate of drug-likeness (QED) is 0.782. The molecule has 0 unspecified atom stereocenters. The van der Waals surface area contributed by atoms with Crippen LogP contribution < -0.4 is 0 Å². The molecule has 1 aliphatic rings. The molecule has 0 saturated carbocycles. The fraction of sp³-hybridized carbons (Fsp3) is 0.375. The Morgan fingerprint density at radius 1 is 1.32 bits per heavy atom. The summed E-state index contributed by atoms with van der Waals surface area (Å²) in [5, 5.41) is 2.68. The molecular weight excluding hydrogens is 332 g/mol. The SMILES string of the molecule is O=C(CSc1ccncc1)N1CCS[C@@H](c2cccs2)CC1. The van der Waals surface area contributed by atoms with Gasteiger partial charge in [0.1, 0.15) is 0 Å². The third kappa shape index (κ3) is 4.27. The van der Waals surface area contributed by atoms with Gasteiger partial charge in [-0.3, -0.25) is 9.78 Å². The lowest BCUT2D eigenvalue weighted by Gasteiger charge is -2.20. The molecule has 0 spiro atoms. The Labute approximate surface area is 143 Å². The summed E-state index contributed by atoms with van der Waals surface area (Å²) in [4.78, 5) is 21.0. The number of aromatic nitrogens is 1. The maximum absolute atomic E-state index is 12.4. The second kappa shape index (κ2) is 8.04. The van der Waals surface area contributed by atoms with Crippen molar-refractivity contribution in [3.05, 3.63) is 46.9 Å². The molecule has 2 aromatic heterocycles. The van der Waals surface area contributed by atoms with Crippen LogP contribution in [0.25, 0.3) is 0 Å². The van der Waals surface area contributed by atoms with Crippen molar-refractivity contribution in [1.82, 2.24) is 9.88 Å². The van der Waals surface area contributed by atoms with Crippen LogP contribution in [-0.4, -0.2) is 40.4 Å². The van der Waals surface area contributed by atoms with Crippen LogP contribution in [0.4, 0.5) is 0 Å². The molecule has 1 aliphatic heterocycles. The van der Waals surface area contributed by atoms with E-state index in [4.69, 9.17) is 0 Å². The van der Waals surface area contributed by atoms with Crippen LogP contribution in [0.2, 0.25) is 0 Å². The highest BCUT2D eigenvalue weighted by Gasteiger charge is 2.22. The predicted octanol–water partition coefficient (Wildman–Crippen LogP) is 3.94. The Bertz CT molecular complexity index is 589. The van der Waals surface area contributed by atoms with Crippen molar-refractivity contribution >= 4 is 40.8 Å². The zero-order valence-electron chi connectivity index (χ0n) is 12.2. The fourth-order valence-corrected chi connectivity index (χ4v) is 5.42. The Morgan fingerprint density at radius 2 is 2.18 bits per heavy atom. The molecule has 0 bridgehead atoms. The zero-order valence-corrected chi connectivity index (χ0v) is 14.6. The molecule has 1 amide bonds. The van der Waals surface area contributed by atoms with Gasteiger partial charge in [0.2, 0.25) is 5.91 Å². The van der Waals surface area contributed by atoms with Gasteiger partial charge in [-0.25, -0.2) is 0 Å². The smallest absolute Gasteiger partial charge is 0.232 e. The predicted molar refractivity (Wildman–Crippen MR) is 95.7 cm³/mol. The topological polar surface area (TPSA) is 33.2 Å². The van der Waals surface area contributed by atoms with Crippen LogP contribution in [-0.2, 0) is 4.79 Å². The van der Waals surface area contributed by atoms with Gasteiger partial charge in [0, 0.05) is 46.3 Å². The van der Waals surface area contributed by atoms with Crippen molar-refractivity contribution in [2.45, 2.75) is 16.6 Å². The first-order valence-corrected chi connectivity index (χ1v) is 10.2. The Balaban J connectivity index is 1.51. The monoisotopic (exact) mass is 350 g/mol. The maximum Gasteiger partial charge on any atom is 0.232 e. The normalized spacial score (nSPS) is 18.9. The number of thiophene rings is 1. The molecule has 0 aromatic carbocycles. The lowest BCUT2D eigenvalue weighted by Crippen LogP contribution is -2.34. The molecule has 3 heterocycles. The highest BCUT2D eigenvalue weighted by atomic mass is 32.2. The summed E-state index contributed by atoms with van der Waals surface area (Å²) in [5.74, 6) is 1.78. The zero-order chi connectivity index (χ0) is 15.2. The van der Waals surface area contributed by atoms with Crippen LogP contribution >= 0.6 is 34.9 Å². The Hall–Kier alpha value is -0.980. The van der Waals surface area contributed by atoms with Gasteiger partial charge < -0.3 is 4.90 Å². The van der Waals surface area contributed by atoms with E-state index in [2.05, 4.69) is 22.5 Å². The minimum atomic E-state index is 0.245. The third-order valence-electron chi connectivity index (χ3n) is 3.57. The number of nitrogens with zero attached hydrogens (tertiary/aromatic N) is 2. The molecule has 3 rings (SSSR count). The van der Waals surface area contributed by atoms with Crippen LogP contribution in [0.3, 0.4) is 0 Å². The van der Waals surface area contributed by atoms with Gasteiger partial charge in [-0.15, -0.1) is 23.1 Å². The van der Waals surface area contributed by atoms with Crippen molar-refractivity contribution in [1.29, 1.82) is 0 Å². The summed E-state index contributed by atoms with van der Waals surface area (Å²) < 4.78 is 0. The fourth-order valence-electron chi connectivity index (χ4n) is 2.39. The van der Waals surface area contributed by atoms with Crippen molar-refractivity contribution in [3.63, 3.8) is 0 Å². The van der Waals surface area contributed by atoms with Crippen LogP contribution in [0.15, 0.2) is 46.9 Å². The number of hydrogen-bond donors (Lipinski definition) is 0. The minimum Gasteiger partial charge on any atom is -0.341 e. The van der Waals surface area contributed by atoms with Gasteiger partial charge in [0.05, 0.1) is 5.75 Å². The molecule has 0 aliphatic carbocycles. The molecule has 2 aromatic rings. The van der Waals surface area contributed by atoms with E-state index in [1.54, 1.807) is 24.2 Å². The van der Waals surface area contributed by atoms with Gasteiger partial charge in [-0.1, -0.05) is 6.07 Å². The molecule has 1 saturated heterocycles. The first kappa shape index (κ1) is 15.9. The van der Waals surface area contributed by atoms with Crippen LogP contribution in [0.5, 0.6) is 0 Å². The maximum atomic E-state index is 12.4. The van der Waals surface area contributed by atoms with E-state index in [9.17, 15) is 4.79 Å². The van der Waals surface area contributed by atoms with Gasteiger partial charge in [-0.2, -0.15) is 11.8 Å². The summed E-state index contributed by atoms with van der Waals surface area (Å²) in [5.41, 5.74) is 0. The third-order valence-corrected chi connectivity index (χ3v) is 7.01. The summed E-state index contributed by atoms with van der Waals surface area (Å²) in [6.07, 6.45) is 4.58. The van der Waals surface area contributed by atoms with Crippen molar-refractivity contribution in [2.24, 2.45) is 0 Å². The van der Waals surface area contributed by atoms with E-state index < -0.39 is 0 Å². The average molecular weight is 351 g/mol. The largest absolute Gasteiger partial charge is 0.341 e. The number of rotatable bonds is 4. The van der Waals surface area contributed by atoms with Crippen LogP contribution in [0, 0.1) is 0 Å². The van der Waals surface area contributed by atoms with Crippen molar-refractivity contribution < 1.29 is 4.79 Å². The van der Waals surface area contributed by atoms with Gasteiger partial charge in [-0.05, 0) is 30.0 Å². The number of carbonyl (C=O) groups excluding carboxylic acids is 1. The van der Waals surface area contributed by atoms with E-state index >= 15 is 0 Å². The molecule has 116 valence electrons. The standard InChI is InChI=1S/C16H18N2OS3/c19-16(12-22-13-3-6-17-7-4-13)18-8-5-15(21-11-9-18)14-2-1-10-20-14/h1-4,6-7,10,15H,5,8-9,11-12H2/t15-/m1/s1. The first-order chi connectivity index (χ1) is 10.8. The molecule has 6 heteroatoms. The average Bonchev–Trinajstić information content (AvgIpc) is 2.98. The summed E-state index contributed by atoms with van der Waals surface area (Å²) in [6.45, 7) is 1.73. The minimum absolute atomic E-state index is 0.245. The van der Waals surface area contributed by atoms with E-state index in [1.807, 2.05) is 40.1 Å². The number of amides is 1. The molecule has 0 N–H and O–H groups in total. The Kier molecular flexibility index (Phi) is 5.81. The van der Waals surface area contributed by atoms with E-state index in [-0.39, 0.29) is 5.91 Å². The van der Waals surface area contributed by atoms with Gasteiger partial charge in [0.25, 0.3) is 0 Å². The summed E-state index contributed by atoms with van der Waals surface area (Å²) in [7, 11) is 0. The van der Waals surface area contributed by atoms with E-state index in [0.29, 0.717) is 11.0 Å². The second-order valence-electron chi connectivity index (χ2n) is 5.02. The van der Waals surface area contributed by atoms with Crippen molar-refractivity contribution in [2.75, 3.05) is 24.6 Å². The highest BCUT2D eigenvalue weighted by Crippen LogP contribution is 2.36. The molecule has 22 heavy (non-hydrogen) atoms. The molecule has 0 radical (unpaired) electrons. The second-order valence-corrected chi connectivity index (χ2v) is 8.35. The van der Waals surface area contributed by atoms with E-state index in [0.717, 1.165) is 30.2 Å². The number of pyridine rings is 1. The number of hydrogen-bond acceptors (Lipinski definition) is 5.